The summed E-state index contributed by atoms with van der Waals surface area (Å²) in [6, 6.07) is 5.66. The van der Waals surface area contributed by atoms with E-state index in [0.29, 0.717) is 25.4 Å². The van der Waals surface area contributed by atoms with Crippen molar-refractivity contribution in [3.8, 4) is 5.75 Å². The maximum absolute atomic E-state index is 12.9. The summed E-state index contributed by atoms with van der Waals surface area (Å²) in [5.41, 5.74) is 1.10. The fourth-order valence-electron chi connectivity index (χ4n) is 3.24. The third-order valence-electron chi connectivity index (χ3n) is 4.69. The lowest BCUT2D eigenvalue weighted by molar-refractivity contribution is -0.132. The SMILES string of the molecule is COCCn1c(C)cnc1C1CCN(C(=O)COc2ccc(F)cc2)C1. The number of likely N-dealkylation sites (tertiary alicyclic amines) is 1. The molecule has 0 spiro atoms. The zero-order chi connectivity index (χ0) is 18.5. The number of methoxy groups -OCH3 is 1. The summed E-state index contributed by atoms with van der Waals surface area (Å²) in [4.78, 5) is 18.8. The van der Waals surface area contributed by atoms with Gasteiger partial charge in [-0.05, 0) is 37.6 Å². The first-order valence-corrected chi connectivity index (χ1v) is 8.75. The van der Waals surface area contributed by atoms with Gasteiger partial charge >= 0.3 is 0 Å². The number of ether oxygens (including phenoxy) is 2. The molecule has 26 heavy (non-hydrogen) atoms. The molecule has 2 aromatic rings. The minimum absolute atomic E-state index is 0.0461. The number of carbonyl (C=O) groups is 1. The lowest BCUT2D eigenvalue weighted by Gasteiger charge is -2.18. The van der Waals surface area contributed by atoms with Crippen LogP contribution >= 0.6 is 0 Å². The molecule has 140 valence electrons. The van der Waals surface area contributed by atoms with Crippen LogP contribution in [0.15, 0.2) is 30.5 Å². The van der Waals surface area contributed by atoms with E-state index in [9.17, 15) is 9.18 Å². The van der Waals surface area contributed by atoms with Crippen molar-refractivity contribution in [1.29, 1.82) is 0 Å². The number of benzene rings is 1. The molecule has 1 fully saturated rings. The molecule has 1 aliphatic heterocycles. The average Bonchev–Trinajstić information content (AvgIpc) is 3.26. The first-order chi connectivity index (χ1) is 12.6. The van der Waals surface area contributed by atoms with Crippen LogP contribution in [0.25, 0.3) is 0 Å². The highest BCUT2D eigenvalue weighted by molar-refractivity contribution is 5.78. The Morgan fingerprint density at radius 3 is 2.85 bits per heavy atom. The predicted molar refractivity (Wildman–Crippen MR) is 94.7 cm³/mol. The first-order valence-electron chi connectivity index (χ1n) is 8.75. The van der Waals surface area contributed by atoms with E-state index < -0.39 is 0 Å². The zero-order valence-corrected chi connectivity index (χ0v) is 15.2. The smallest absolute Gasteiger partial charge is 0.260 e. The van der Waals surface area contributed by atoms with Gasteiger partial charge in [-0.15, -0.1) is 0 Å². The Labute approximate surface area is 152 Å². The Kier molecular flexibility index (Phi) is 5.88. The summed E-state index contributed by atoms with van der Waals surface area (Å²) >= 11 is 0. The van der Waals surface area contributed by atoms with Gasteiger partial charge in [-0.25, -0.2) is 9.37 Å². The third-order valence-corrected chi connectivity index (χ3v) is 4.69. The number of hydrogen-bond donors (Lipinski definition) is 0. The molecule has 2 heterocycles. The number of carbonyl (C=O) groups excluding carboxylic acids is 1. The van der Waals surface area contributed by atoms with Crippen molar-refractivity contribution in [1.82, 2.24) is 14.5 Å². The standard InChI is InChI=1S/C19H24FN3O3/c1-14-11-21-19(23(14)9-10-25-2)15-7-8-22(12-15)18(24)13-26-17-5-3-16(20)4-6-17/h3-6,11,15H,7-10,12-13H2,1-2H3. The Bertz CT molecular complexity index is 745. The van der Waals surface area contributed by atoms with Crippen molar-refractivity contribution in [2.24, 2.45) is 0 Å². The highest BCUT2D eigenvalue weighted by atomic mass is 19.1. The van der Waals surface area contributed by atoms with E-state index in [1.165, 1.54) is 24.3 Å². The number of halogens is 1. The monoisotopic (exact) mass is 361 g/mol. The minimum Gasteiger partial charge on any atom is -0.484 e. The van der Waals surface area contributed by atoms with Gasteiger partial charge in [0.15, 0.2) is 6.61 Å². The fourth-order valence-corrected chi connectivity index (χ4v) is 3.24. The van der Waals surface area contributed by atoms with Gasteiger partial charge in [0.05, 0.1) is 6.61 Å². The molecule has 1 saturated heterocycles. The number of nitrogens with zero attached hydrogens (tertiary/aromatic N) is 3. The van der Waals surface area contributed by atoms with Gasteiger partial charge in [0.1, 0.15) is 17.4 Å². The van der Waals surface area contributed by atoms with E-state index in [0.717, 1.165) is 24.5 Å². The minimum atomic E-state index is -0.328. The summed E-state index contributed by atoms with van der Waals surface area (Å²) in [7, 11) is 1.68. The molecule has 0 bridgehead atoms. The number of imidazole rings is 1. The molecule has 1 aliphatic rings. The second-order valence-electron chi connectivity index (χ2n) is 6.47. The molecule has 0 saturated carbocycles. The van der Waals surface area contributed by atoms with Gasteiger partial charge in [-0.3, -0.25) is 4.79 Å². The van der Waals surface area contributed by atoms with Gasteiger partial charge in [-0.2, -0.15) is 0 Å². The molecule has 0 N–H and O–H groups in total. The van der Waals surface area contributed by atoms with Gasteiger partial charge < -0.3 is 18.9 Å². The zero-order valence-electron chi connectivity index (χ0n) is 15.2. The van der Waals surface area contributed by atoms with E-state index in [1.807, 2.05) is 13.1 Å². The lowest BCUT2D eigenvalue weighted by Crippen LogP contribution is -2.33. The molecule has 0 radical (unpaired) electrons. The van der Waals surface area contributed by atoms with Crippen molar-refractivity contribution in [2.75, 3.05) is 33.4 Å². The molecule has 1 atom stereocenters. The maximum Gasteiger partial charge on any atom is 0.260 e. The molecule has 1 aromatic carbocycles. The molecular weight excluding hydrogens is 337 g/mol. The van der Waals surface area contributed by atoms with E-state index >= 15 is 0 Å². The van der Waals surface area contributed by atoms with Crippen molar-refractivity contribution in [2.45, 2.75) is 25.8 Å². The normalized spacial score (nSPS) is 16.9. The summed E-state index contributed by atoms with van der Waals surface area (Å²) in [5.74, 6) is 1.32. The van der Waals surface area contributed by atoms with Crippen LogP contribution in [0.5, 0.6) is 5.75 Å². The number of amides is 1. The van der Waals surface area contributed by atoms with Gasteiger partial charge in [0, 0.05) is 44.6 Å². The van der Waals surface area contributed by atoms with Crippen molar-refractivity contribution < 1.29 is 18.7 Å². The van der Waals surface area contributed by atoms with Crippen LogP contribution in [0.3, 0.4) is 0 Å². The summed E-state index contributed by atoms with van der Waals surface area (Å²) < 4.78 is 25.7. The summed E-state index contributed by atoms with van der Waals surface area (Å²) in [6.45, 7) is 4.69. The van der Waals surface area contributed by atoms with E-state index in [-0.39, 0.29) is 24.2 Å². The van der Waals surface area contributed by atoms with Crippen LogP contribution < -0.4 is 4.74 Å². The Balaban J connectivity index is 1.56. The van der Waals surface area contributed by atoms with Gasteiger partial charge in [0.25, 0.3) is 5.91 Å². The van der Waals surface area contributed by atoms with Crippen molar-refractivity contribution in [3.63, 3.8) is 0 Å². The van der Waals surface area contributed by atoms with E-state index in [4.69, 9.17) is 9.47 Å². The van der Waals surface area contributed by atoms with Crippen LogP contribution in [0.4, 0.5) is 4.39 Å². The first kappa shape index (κ1) is 18.4. The van der Waals surface area contributed by atoms with Crippen LogP contribution in [0.2, 0.25) is 0 Å². The molecular formula is C19H24FN3O3. The van der Waals surface area contributed by atoms with E-state index in [1.54, 1.807) is 12.0 Å². The molecule has 6 nitrogen and oxygen atoms in total. The Hall–Kier alpha value is -2.41. The Morgan fingerprint density at radius 1 is 1.35 bits per heavy atom. The maximum atomic E-state index is 12.9. The fraction of sp³-hybridized carbons (Fsp3) is 0.474. The van der Waals surface area contributed by atoms with Crippen LogP contribution in [-0.4, -0.2) is 53.8 Å². The third kappa shape index (κ3) is 4.22. The van der Waals surface area contributed by atoms with Crippen molar-refractivity contribution in [3.05, 3.63) is 47.8 Å². The quantitative estimate of drug-likeness (QED) is 0.760. The highest BCUT2D eigenvalue weighted by Gasteiger charge is 2.30. The number of aryl methyl sites for hydroxylation is 1. The summed E-state index contributed by atoms with van der Waals surface area (Å²) in [5, 5.41) is 0. The lowest BCUT2D eigenvalue weighted by atomic mass is 10.1. The molecule has 0 aliphatic carbocycles. The van der Waals surface area contributed by atoms with Crippen LogP contribution in [0, 0.1) is 12.7 Å². The van der Waals surface area contributed by atoms with Gasteiger partial charge in [0.2, 0.25) is 0 Å². The highest BCUT2D eigenvalue weighted by Crippen LogP contribution is 2.27. The number of hydrogen-bond acceptors (Lipinski definition) is 4. The van der Waals surface area contributed by atoms with E-state index in [2.05, 4.69) is 9.55 Å². The molecule has 7 heteroatoms. The largest absolute Gasteiger partial charge is 0.484 e. The predicted octanol–water partition coefficient (Wildman–Crippen LogP) is 2.37. The second-order valence-corrected chi connectivity index (χ2v) is 6.47. The van der Waals surface area contributed by atoms with Gasteiger partial charge in [-0.1, -0.05) is 0 Å². The van der Waals surface area contributed by atoms with Crippen molar-refractivity contribution >= 4 is 5.91 Å². The number of aromatic nitrogens is 2. The Morgan fingerprint density at radius 2 is 2.12 bits per heavy atom. The molecule has 1 unspecified atom stereocenters. The van der Waals surface area contributed by atoms with Crippen LogP contribution in [-0.2, 0) is 16.1 Å². The average molecular weight is 361 g/mol. The summed E-state index contributed by atoms with van der Waals surface area (Å²) in [6.07, 6.45) is 2.75. The second kappa shape index (κ2) is 8.31. The topological polar surface area (TPSA) is 56.6 Å². The molecule has 3 rings (SSSR count). The molecule has 1 amide bonds. The number of rotatable bonds is 7. The van der Waals surface area contributed by atoms with Crippen LogP contribution in [0.1, 0.15) is 23.9 Å². The molecule has 1 aromatic heterocycles.